The highest BCUT2D eigenvalue weighted by molar-refractivity contribution is 6.10. The first kappa shape index (κ1) is 23.9. The van der Waals surface area contributed by atoms with Crippen molar-refractivity contribution in [1.29, 1.82) is 0 Å². The maximum atomic E-state index is 13.8. The number of halogens is 5. The summed E-state index contributed by atoms with van der Waals surface area (Å²) in [5.74, 6) is -13.8. The molecule has 180 valence electrons. The SMILES string of the molecule is Cc1c(C(=O)c2ccccc2)oc2cc(NC(=O)C(C)Oc3c(F)c(F)c(F)c(F)c3F)ccc12. The van der Waals surface area contributed by atoms with Crippen molar-refractivity contribution < 1.29 is 40.7 Å². The Labute approximate surface area is 195 Å². The number of ketones is 1. The molecule has 1 aromatic heterocycles. The van der Waals surface area contributed by atoms with Crippen LogP contribution in [0.5, 0.6) is 5.75 Å². The lowest BCUT2D eigenvalue weighted by Gasteiger charge is -2.16. The smallest absolute Gasteiger partial charge is 0.265 e. The van der Waals surface area contributed by atoms with Gasteiger partial charge in [0.05, 0.1) is 0 Å². The third kappa shape index (κ3) is 4.34. The number of anilines is 1. The standard InChI is InChI=1S/C25H16F5NO4/c1-11-15-9-8-14(10-16(15)35-23(11)22(32)13-6-4-3-5-7-13)31-25(33)12(2)34-24-20(29)18(27)17(26)19(28)21(24)30/h3-10,12H,1-2H3,(H,31,33). The van der Waals surface area contributed by atoms with Gasteiger partial charge in [0.25, 0.3) is 5.91 Å². The highest BCUT2D eigenvalue weighted by atomic mass is 19.2. The molecule has 0 aliphatic rings. The van der Waals surface area contributed by atoms with Crippen molar-refractivity contribution >= 4 is 28.3 Å². The van der Waals surface area contributed by atoms with Gasteiger partial charge in [-0.1, -0.05) is 30.3 Å². The number of hydrogen-bond donors (Lipinski definition) is 1. The highest BCUT2D eigenvalue weighted by Crippen LogP contribution is 2.31. The van der Waals surface area contributed by atoms with Crippen LogP contribution in [0.2, 0.25) is 0 Å². The molecule has 1 heterocycles. The van der Waals surface area contributed by atoms with Crippen LogP contribution in [-0.4, -0.2) is 17.8 Å². The van der Waals surface area contributed by atoms with E-state index in [0.717, 1.165) is 6.92 Å². The first-order valence-electron chi connectivity index (χ1n) is 10.2. The first-order chi connectivity index (χ1) is 16.6. The van der Waals surface area contributed by atoms with E-state index < -0.39 is 46.8 Å². The average molecular weight is 489 g/mol. The molecule has 1 atom stereocenters. The van der Waals surface area contributed by atoms with E-state index >= 15 is 0 Å². The Kier molecular flexibility index (Phi) is 6.29. The molecule has 35 heavy (non-hydrogen) atoms. The summed E-state index contributed by atoms with van der Waals surface area (Å²) in [5, 5.41) is 3.03. The lowest BCUT2D eigenvalue weighted by atomic mass is 10.0. The summed E-state index contributed by atoms with van der Waals surface area (Å²) in [6.07, 6.45) is -1.63. The number of ether oxygens (including phenoxy) is 1. The molecule has 3 aromatic carbocycles. The maximum absolute atomic E-state index is 13.8. The van der Waals surface area contributed by atoms with Gasteiger partial charge < -0.3 is 14.5 Å². The predicted molar refractivity (Wildman–Crippen MR) is 116 cm³/mol. The largest absolute Gasteiger partial charge is 0.474 e. The zero-order valence-corrected chi connectivity index (χ0v) is 18.2. The molecule has 0 spiro atoms. The molecular weight excluding hydrogens is 473 g/mol. The molecule has 0 aliphatic carbocycles. The number of carbonyl (C=O) groups excluding carboxylic acids is 2. The van der Waals surface area contributed by atoms with E-state index in [-0.39, 0.29) is 22.8 Å². The minimum Gasteiger partial charge on any atom is -0.474 e. The Morgan fingerprint density at radius 2 is 1.49 bits per heavy atom. The quantitative estimate of drug-likeness (QED) is 0.154. The van der Waals surface area contributed by atoms with E-state index in [9.17, 15) is 31.5 Å². The normalized spacial score (nSPS) is 12.0. The molecule has 0 saturated heterocycles. The van der Waals surface area contributed by atoms with Gasteiger partial charge in [0.1, 0.15) is 5.58 Å². The van der Waals surface area contributed by atoms with Gasteiger partial charge in [-0.05, 0) is 26.0 Å². The van der Waals surface area contributed by atoms with E-state index in [1.165, 1.54) is 12.1 Å². The van der Waals surface area contributed by atoms with Crippen molar-refractivity contribution in [3.8, 4) is 5.75 Å². The molecule has 1 N–H and O–H groups in total. The summed E-state index contributed by atoms with van der Waals surface area (Å²) in [6.45, 7) is 2.78. The van der Waals surface area contributed by atoms with Crippen molar-refractivity contribution in [3.05, 3.63) is 94.5 Å². The number of fused-ring (bicyclic) bond motifs is 1. The molecule has 0 aliphatic heterocycles. The van der Waals surface area contributed by atoms with Crippen LogP contribution >= 0.6 is 0 Å². The highest BCUT2D eigenvalue weighted by Gasteiger charge is 2.29. The Hall–Kier alpha value is -4.21. The van der Waals surface area contributed by atoms with Gasteiger partial charge in [0.15, 0.2) is 17.6 Å². The van der Waals surface area contributed by atoms with Crippen LogP contribution in [0.3, 0.4) is 0 Å². The van der Waals surface area contributed by atoms with Crippen LogP contribution in [0.4, 0.5) is 27.6 Å². The van der Waals surface area contributed by atoms with E-state index in [2.05, 4.69) is 5.32 Å². The topological polar surface area (TPSA) is 68.5 Å². The van der Waals surface area contributed by atoms with Gasteiger partial charge in [-0.15, -0.1) is 0 Å². The van der Waals surface area contributed by atoms with Crippen LogP contribution in [0.1, 0.15) is 28.6 Å². The van der Waals surface area contributed by atoms with Crippen LogP contribution in [0.15, 0.2) is 52.9 Å². The van der Waals surface area contributed by atoms with Crippen LogP contribution in [0, 0.1) is 36.0 Å². The zero-order valence-electron chi connectivity index (χ0n) is 18.2. The fraction of sp³-hybridized carbons (Fsp3) is 0.120. The van der Waals surface area contributed by atoms with Gasteiger partial charge in [0.2, 0.25) is 34.9 Å². The molecule has 0 radical (unpaired) electrons. The first-order valence-corrected chi connectivity index (χ1v) is 10.2. The average Bonchev–Trinajstić information content (AvgIpc) is 3.19. The van der Waals surface area contributed by atoms with E-state index in [0.29, 0.717) is 16.5 Å². The van der Waals surface area contributed by atoms with Gasteiger partial charge in [-0.25, -0.2) is 13.2 Å². The molecule has 4 rings (SSSR count). The number of amides is 1. The molecule has 0 bridgehead atoms. The second kappa shape index (κ2) is 9.21. The summed E-state index contributed by atoms with van der Waals surface area (Å²) in [5.41, 5.74) is 1.49. The second-order valence-electron chi connectivity index (χ2n) is 7.61. The molecule has 1 unspecified atom stereocenters. The summed E-state index contributed by atoms with van der Waals surface area (Å²) < 4.78 is 78.1. The summed E-state index contributed by atoms with van der Waals surface area (Å²) in [6, 6.07) is 13.0. The fourth-order valence-electron chi connectivity index (χ4n) is 3.40. The minimum absolute atomic E-state index is 0.123. The van der Waals surface area contributed by atoms with Crippen molar-refractivity contribution in [2.75, 3.05) is 5.32 Å². The van der Waals surface area contributed by atoms with Crippen molar-refractivity contribution in [3.63, 3.8) is 0 Å². The van der Waals surface area contributed by atoms with Gasteiger partial charge in [-0.2, -0.15) is 8.78 Å². The number of benzene rings is 3. The zero-order chi connectivity index (χ0) is 25.4. The van der Waals surface area contributed by atoms with Crippen molar-refractivity contribution in [2.45, 2.75) is 20.0 Å². The molecule has 0 fully saturated rings. The summed E-state index contributed by atoms with van der Waals surface area (Å²) in [4.78, 5) is 25.2. The minimum atomic E-state index is -2.34. The van der Waals surface area contributed by atoms with E-state index in [1.807, 2.05) is 0 Å². The monoisotopic (exact) mass is 489 g/mol. The van der Waals surface area contributed by atoms with Crippen LogP contribution in [0.25, 0.3) is 11.0 Å². The molecular formula is C25H16F5NO4. The number of aryl methyl sites for hydroxylation is 1. The predicted octanol–water partition coefficient (Wildman–Crippen LogP) is 6.07. The molecule has 5 nitrogen and oxygen atoms in total. The van der Waals surface area contributed by atoms with Crippen molar-refractivity contribution in [2.24, 2.45) is 0 Å². The van der Waals surface area contributed by atoms with Crippen molar-refractivity contribution in [1.82, 2.24) is 0 Å². The lowest BCUT2D eigenvalue weighted by molar-refractivity contribution is -0.122. The summed E-state index contributed by atoms with van der Waals surface area (Å²) in [7, 11) is 0. The number of rotatable bonds is 6. The number of furan rings is 1. The molecule has 10 heteroatoms. The van der Waals surface area contributed by atoms with E-state index in [1.54, 1.807) is 43.3 Å². The Balaban J connectivity index is 1.55. The van der Waals surface area contributed by atoms with Gasteiger partial charge >= 0.3 is 0 Å². The lowest BCUT2D eigenvalue weighted by Crippen LogP contribution is -2.31. The summed E-state index contributed by atoms with van der Waals surface area (Å²) >= 11 is 0. The van der Waals surface area contributed by atoms with Gasteiger partial charge in [0, 0.05) is 28.3 Å². The number of nitrogens with one attached hydrogen (secondary N) is 1. The number of carbonyl (C=O) groups is 2. The number of hydrogen-bond acceptors (Lipinski definition) is 4. The van der Waals surface area contributed by atoms with Crippen LogP contribution < -0.4 is 10.1 Å². The molecule has 0 saturated carbocycles. The fourth-order valence-corrected chi connectivity index (χ4v) is 3.40. The third-order valence-corrected chi connectivity index (χ3v) is 5.28. The van der Waals surface area contributed by atoms with Gasteiger partial charge in [-0.3, -0.25) is 9.59 Å². The third-order valence-electron chi connectivity index (χ3n) is 5.28. The van der Waals surface area contributed by atoms with E-state index in [4.69, 9.17) is 9.15 Å². The Bertz CT molecular complexity index is 1440. The second-order valence-corrected chi connectivity index (χ2v) is 7.61. The Morgan fingerprint density at radius 3 is 2.11 bits per heavy atom. The van der Waals surface area contributed by atoms with Crippen LogP contribution in [-0.2, 0) is 4.79 Å². The Morgan fingerprint density at radius 1 is 0.886 bits per heavy atom. The molecule has 4 aromatic rings. The maximum Gasteiger partial charge on any atom is 0.265 e. The molecule has 1 amide bonds.